The second kappa shape index (κ2) is 5.34. The first-order valence-electron chi connectivity index (χ1n) is 5.63. The summed E-state index contributed by atoms with van der Waals surface area (Å²) in [5.74, 6) is -1.24. The molecule has 1 aromatic carbocycles. The topological polar surface area (TPSA) is 92.4 Å². The Labute approximate surface area is 109 Å². The average molecular weight is 260 g/mol. The van der Waals surface area contributed by atoms with E-state index in [9.17, 15) is 9.59 Å². The van der Waals surface area contributed by atoms with Crippen molar-refractivity contribution in [3.8, 4) is 11.3 Å². The van der Waals surface area contributed by atoms with Crippen LogP contribution in [0.3, 0.4) is 0 Å². The first-order chi connectivity index (χ1) is 9.08. The van der Waals surface area contributed by atoms with Crippen LogP contribution in [0.1, 0.15) is 17.4 Å². The fourth-order valence-corrected chi connectivity index (χ4v) is 1.45. The van der Waals surface area contributed by atoms with E-state index in [1.54, 1.807) is 0 Å². The molecule has 0 aliphatic carbocycles. The predicted octanol–water partition coefficient (Wildman–Crippen LogP) is 1.54. The van der Waals surface area contributed by atoms with E-state index in [0.717, 1.165) is 5.56 Å². The molecule has 0 radical (unpaired) electrons. The summed E-state index contributed by atoms with van der Waals surface area (Å²) in [5.41, 5.74) is 0.840. The van der Waals surface area contributed by atoms with Crippen LogP contribution in [0.5, 0.6) is 0 Å². The Kier molecular flexibility index (Phi) is 3.61. The summed E-state index contributed by atoms with van der Waals surface area (Å²) in [4.78, 5) is 22.3. The molecule has 6 nitrogen and oxygen atoms in total. The number of rotatable bonds is 4. The Hall–Kier alpha value is -2.63. The van der Waals surface area contributed by atoms with E-state index in [4.69, 9.17) is 9.63 Å². The molecule has 2 aromatic rings. The van der Waals surface area contributed by atoms with E-state index in [1.165, 1.54) is 13.0 Å². The van der Waals surface area contributed by atoms with Crippen LogP contribution in [-0.4, -0.2) is 28.2 Å². The Balaban J connectivity index is 2.13. The highest BCUT2D eigenvalue weighted by molar-refractivity contribution is 5.95. The first-order valence-corrected chi connectivity index (χ1v) is 5.63. The summed E-state index contributed by atoms with van der Waals surface area (Å²) in [5, 5.41) is 14.6. The third kappa shape index (κ3) is 2.98. The predicted molar refractivity (Wildman–Crippen MR) is 66.5 cm³/mol. The minimum absolute atomic E-state index is 0.0481. The van der Waals surface area contributed by atoms with Crippen molar-refractivity contribution in [3.63, 3.8) is 0 Å². The Morgan fingerprint density at radius 1 is 1.32 bits per heavy atom. The maximum atomic E-state index is 11.7. The van der Waals surface area contributed by atoms with Crippen molar-refractivity contribution in [2.75, 3.05) is 0 Å². The summed E-state index contributed by atoms with van der Waals surface area (Å²) in [6, 6.07) is 9.67. The number of amides is 1. The molecule has 1 heterocycles. The number of carboxylic acid groups (broad SMARTS) is 1. The largest absolute Gasteiger partial charge is 0.480 e. The summed E-state index contributed by atoms with van der Waals surface area (Å²) in [6.45, 7) is 1.37. The molecule has 2 N–H and O–H groups in total. The first kappa shape index (κ1) is 12.8. The van der Waals surface area contributed by atoms with E-state index in [2.05, 4.69) is 10.5 Å². The van der Waals surface area contributed by atoms with Crippen molar-refractivity contribution in [1.82, 2.24) is 10.5 Å². The molecule has 0 saturated carbocycles. The van der Waals surface area contributed by atoms with Crippen LogP contribution >= 0.6 is 0 Å². The van der Waals surface area contributed by atoms with Gasteiger partial charge in [-0.25, -0.2) is 0 Å². The number of aliphatic carboxylic acids is 1. The fraction of sp³-hybridized carbons (Fsp3) is 0.154. The highest BCUT2D eigenvalue weighted by Gasteiger charge is 2.18. The van der Waals surface area contributed by atoms with Crippen LogP contribution in [0.2, 0.25) is 0 Å². The molecule has 1 unspecified atom stereocenters. The van der Waals surface area contributed by atoms with Gasteiger partial charge in [-0.1, -0.05) is 35.5 Å². The van der Waals surface area contributed by atoms with E-state index < -0.39 is 17.9 Å². The third-order valence-corrected chi connectivity index (χ3v) is 2.52. The number of nitrogens with zero attached hydrogens (tertiary/aromatic N) is 1. The van der Waals surface area contributed by atoms with Crippen LogP contribution in [0.25, 0.3) is 11.3 Å². The number of carboxylic acids is 1. The quantitative estimate of drug-likeness (QED) is 0.869. The van der Waals surface area contributed by atoms with Gasteiger partial charge in [0.05, 0.1) is 0 Å². The standard InChI is InChI=1S/C13H12N2O4/c1-8(13(17)18)14-12(16)10-7-11(19-15-10)9-5-3-2-4-6-9/h2-8H,1H3,(H,14,16)(H,17,18). The molecule has 0 fully saturated rings. The average Bonchev–Trinajstić information content (AvgIpc) is 2.89. The maximum Gasteiger partial charge on any atom is 0.325 e. The van der Waals surface area contributed by atoms with Gasteiger partial charge in [-0.05, 0) is 6.92 Å². The Bertz CT molecular complexity index is 592. The summed E-state index contributed by atoms with van der Waals surface area (Å²) in [6.07, 6.45) is 0. The van der Waals surface area contributed by atoms with Crippen molar-refractivity contribution in [2.24, 2.45) is 0 Å². The van der Waals surface area contributed by atoms with Gasteiger partial charge in [0.15, 0.2) is 11.5 Å². The lowest BCUT2D eigenvalue weighted by Crippen LogP contribution is -2.38. The zero-order chi connectivity index (χ0) is 13.8. The Morgan fingerprint density at radius 3 is 2.63 bits per heavy atom. The normalized spacial score (nSPS) is 11.8. The molecule has 0 spiro atoms. The van der Waals surface area contributed by atoms with Crippen LogP contribution in [0.4, 0.5) is 0 Å². The van der Waals surface area contributed by atoms with Gasteiger partial charge in [0, 0.05) is 11.6 Å². The molecule has 0 bridgehead atoms. The summed E-state index contributed by atoms with van der Waals surface area (Å²) >= 11 is 0. The minimum atomic E-state index is -1.11. The van der Waals surface area contributed by atoms with Gasteiger partial charge in [0.1, 0.15) is 6.04 Å². The van der Waals surface area contributed by atoms with Crippen molar-refractivity contribution in [1.29, 1.82) is 0 Å². The smallest absolute Gasteiger partial charge is 0.325 e. The van der Waals surface area contributed by atoms with Crippen molar-refractivity contribution in [3.05, 3.63) is 42.1 Å². The van der Waals surface area contributed by atoms with E-state index in [1.807, 2.05) is 30.3 Å². The third-order valence-electron chi connectivity index (χ3n) is 2.52. The molecule has 6 heteroatoms. The number of hydrogen-bond acceptors (Lipinski definition) is 4. The zero-order valence-electron chi connectivity index (χ0n) is 10.2. The lowest BCUT2D eigenvalue weighted by molar-refractivity contribution is -0.138. The van der Waals surface area contributed by atoms with Crippen LogP contribution < -0.4 is 5.32 Å². The number of benzene rings is 1. The lowest BCUT2D eigenvalue weighted by atomic mass is 10.1. The van der Waals surface area contributed by atoms with Crippen molar-refractivity contribution in [2.45, 2.75) is 13.0 Å². The summed E-state index contributed by atoms with van der Waals surface area (Å²) < 4.78 is 5.06. The van der Waals surface area contributed by atoms with Gasteiger partial charge >= 0.3 is 5.97 Å². The molecular formula is C13H12N2O4. The lowest BCUT2D eigenvalue weighted by Gasteiger charge is -2.06. The molecule has 1 amide bonds. The fourth-order valence-electron chi connectivity index (χ4n) is 1.45. The summed E-state index contributed by atoms with van der Waals surface area (Å²) in [7, 11) is 0. The van der Waals surface area contributed by atoms with Gasteiger partial charge in [-0.15, -0.1) is 0 Å². The van der Waals surface area contributed by atoms with Crippen molar-refractivity contribution < 1.29 is 19.2 Å². The van der Waals surface area contributed by atoms with Crippen LogP contribution in [0.15, 0.2) is 40.9 Å². The van der Waals surface area contributed by atoms with Gasteiger partial charge in [0.25, 0.3) is 5.91 Å². The maximum absolute atomic E-state index is 11.7. The van der Waals surface area contributed by atoms with Gasteiger partial charge in [0.2, 0.25) is 0 Å². The number of carbonyl (C=O) groups excluding carboxylic acids is 1. The van der Waals surface area contributed by atoms with E-state index in [-0.39, 0.29) is 5.69 Å². The molecule has 98 valence electrons. The SMILES string of the molecule is CC(NC(=O)c1cc(-c2ccccc2)on1)C(=O)O. The number of aromatic nitrogens is 1. The molecule has 0 aliphatic heterocycles. The number of nitrogens with one attached hydrogen (secondary N) is 1. The molecular weight excluding hydrogens is 248 g/mol. The van der Waals surface area contributed by atoms with Crippen molar-refractivity contribution >= 4 is 11.9 Å². The minimum Gasteiger partial charge on any atom is -0.480 e. The monoisotopic (exact) mass is 260 g/mol. The van der Waals surface area contributed by atoms with Gasteiger partial charge in [-0.2, -0.15) is 0 Å². The van der Waals surface area contributed by atoms with Crippen LogP contribution in [0, 0.1) is 0 Å². The highest BCUT2D eigenvalue weighted by Crippen LogP contribution is 2.19. The molecule has 19 heavy (non-hydrogen) atoms. The highest BCUT2D eigenvalue weighted by atomic mass is 16.5. The number of hydrogen-bond donors (Lipinski definition) is 2. The molecule has 0 saturated heterocycles. The molecule has 1 atom stereocenters. The van der Waals surface area contributed by atoms with E-state index >= 15 is 0 Å². The molecule has 0 aliphatic rings. The second-order valence-electron chi connectivity index (χ2n) is 3.98. The van der Waals surface area contributed by atoms with Crippen LogP contribution in [-0.2, 0) is 4.79 Å². The van der Waals surface area contributed by atoms with Gasteiger partial charge < -0.3 is 14.9 Å². The zero-order valence-corrected chi connectivity index (χ0v) is 10.2. The van der Waals surface area contributed by atoms with E-state index in [0.29, 0.717) is 5.76 Å². The molecule has 1 aromatic heterocycles. The van der Waals surface area contributed by atoms with Gasteiger partial charge in [-0.3, -0.25) is 9.59 Å². The number of carbonyl (C=O) groups is 2. The Morgan fingerprint density at radius 2 is 2.00 bits per heavy atom. The molecule has 2 rings (SSSR count). The second-order valence-corrected chi connectivity index (χ2v) is 3.98.